The molecule has 1 heterocycles. The van der Waals surface area contributed by atoms with Crippen LogP contribution in [-0.4, -0.2) is 18.6 Å². The molecule has 0 atom stereocenters. The van der Waals surface area contributed by atoms with Crippen LogP contribution in [0.5, 0.6) is 0 Å². The zero-order valence-corrected chi connectivity index (χ0v) is 13.1. The van der Waals surface area contributed by atoms with E-state index in [0.29, 0.717) is 0 Å². The van der Waals surface area contributed by atoms with Gasteiger partial charge in [-0.25, -0.2) is 0 Å². The quantitative estimate of drug-likeness (QED) is 0.662. The van der Waals surface area contributed by atoms with Crippen molar-refractivity contribution in [2.75, 3.05) is 24.2 Å². The molecule has 0 saturated carbocycles. The molecule has 0 unspecified atom stereocenters. The smallest absolute Gasteiger partial charge is 0.0956 e. The Labute approximate surface area is 122 Å². The molecule has 0 saturated heterocycles. The van der Waals surface area contributed by atoms with Crippen molar-refractivity contribution in [3.05, 3.63) is 28.9 Å². The van der Waals surface area contributed by atoms with Crippen LogP contribution in [0.25, 0.3) is 10.9 Å². The number of halogens is 1. The Morgan fingerprint density at radius 2 is 2.11 bits per heavy atom. The molecule has 1 aromatic heterocycles. The molecule has 0 bridgehead atoms. The fraction of sp³-hybridized carbons (Fsp3) is 0.400. The van der Waals surface area contributed by atoms with Gasteiger partial charge >= 0.3 is 0 Å². The maximum Gasteiger partial charge on any atom is 0.0956 e. The van der Waals surface area contributed by atoms with Gasteiger partial charge in [0.2, 0.25) is 0 Å². The van der Waals surface area contributed by atoms with E-state index in [2.05, 4.69) is 45.9 Å². The highest BCUT2D eigenvalue weighted by Gasteiger charge is 2.09. The molecule has 0 amide bonds. The van der Waals surface area contributed by atoms with Crippen molar-refractivity contribution in [3.63, 3.8) is 0 Å². The third-order valence-electron chi connectivity index (χ3n) is 3.34. The highest BCUT2D eigenvalue weighted by molar-refractivity contribution is 9.10. The lowest BCUT2D eigenvalue weighted by Gasteiger charge is -2.21. The Bertz CT molecular complexity index is 569. The molecule has 2 rings (SSSR count). The summed E-state index contributed by atoms with van der Waals surface area (Å²) in [7, 11) is 2.12. The second-order valence-corrected chi connectivity index (χ2v) is 5.77. The van der Waals surface area contributed by atoms with Gasteiger partial charge in [-0.05, 0) is 40.5 Å². The molecule has 19 heavy (non-hydrogen) atoms. The SMILES string of the molecule is CCCCCN(C)c1ccc(N)c2cc(Br)cnc12. The Morgan fingerprint density at radius 3 is 2.84 bits per heavy atom. The summed E-state index contributed by atoms with van der Waals surface area (Å²) in [6, 6.07) is 6.05. The monoisotopic (exact) mass is 321 g/mol. The number of benzene rings is 1. The van der Waals surface area contributed by atoms with Crippen LogP contribution in [0.3, 0.4) is 0 Å². The third-order valence-corrected chi connectivity index (χ3v) is 3.77. The van der Waals surface area contributed by atoms with Crippen molar-refractivity contribution in [2.45, 2.75) is 26.2 Å². The van der Waals surface area contributed by atoms with Gasteiger partial charge in [-0.2, -0.15) is 0 Å². The molecule has 102 valence electrons. The third kappa shape index (κ3) is 3.18. The van der Waals surface area contributed by atoms with Gasteiger partial charge < -0.3 is 10.6 Å². The Kier molecular flexibility index (Phi) is 4.64. The lowest BCUT2D eigenvalue weighted by Crippen LogP contribution is -2.19. The molecule has 0 radical (unpaired) electrons. The van der Waals surface area contributed by atoms with Crippen molar-refractivity contribution < 1.29 is 0 Å². The summed E-state index contributed by atoms with van der Waals surface area (Å²) in [6.07, 6.45) is 5.53. The van der Waals surface area contributed by atoms with E-state index in [0.717, 1.165) is 33.3 Å². The molecule has 2 aromatic rings. The van der Waals surface area contributed by atoms with Gasteiger partial charge in [-0.3, -0.25) is 4.98 Å². The molecular formula is C15H20BrN3. The first-order valence-electron chi connectivity index (χ1n) is 6.68. The van der Waals surface area contributed by atoms with Crippen LogP contribution in [0.4, 0.5) is 11.4 Å². The summed E-state index contributed by atoms with van der Waals surface area (Å²) in [5.74, 6) is 0. The van der Waals surface area contributed by atoms with E-state index in [1.807, 2.05) is 18.3 Å². The van der Waals surface area contributed by atoms with Gasteiger partial charge in [0.15, 0.2) is 0 Å². The van der Waals surface area contributed by atoms with Gasteiger partial charge in [0.1, 0.15) is 0 Å². The minimum Gasteiger partial charge on any atom is -0.398 e. The topological polar surface area (TPSA) is 42.1 Å². The number of pyridine rings is 1. The molecule has 2 N–H and O–H groups in total. The molecule has 0 aliphatic carbocycles. The van der Waals surface area contributed by atoms with Gasteiger partial charge in [0.25, 0.3) is 0 Å². The summed E-state index contributed by atoms with van der Waals surface area (Å²) in [4.78, 5) is 6.78. The van der Waals surface area contributed by atoms with E-state index >= 15 is 0 Å². The normalized spacial score (nSPS) is 10.9. The van der Waals surface area contributed by atoms with Crippen LogP contribution >= 0.6 is 15.9 Å². The van der Waals surface area contributed by atoms with Crippen LogP contribution in [-0.2, 0) is 0 Å². The van der Waals surface area contributed by atoms with E-state index in [1.54, 1.807) is 0 Å². The molecule has 4 heteroatoms. The number of unbranched alkanes of at least 4 members (excludes halogenated alkanes) is 2. The molecule has 1 aromatic carbocycles. The van der Waals surface area contributed by atoms with Crippen LogP contribution in [0.15, 0.2) is 28.9 Å². The van der Waals surface area contributed by atoms with Crippen molar-refractivity contribution in [3.8, 4) is 0 Å². The average molecular weight is 322 g/mol. The van der Waals surface area contributed by atoms with Gasteiger partial charge in [0, 0.05) is 35.3 Å². The molecular weight excluding hydrogens is 302 g/mol. The lowest BCUT2D eigenvalue weighted by molar-refractivity contribution is 0.706. The first-order chi connectivity index (χ1) is 9.13. The molecule has 0 spiro atoms. The molecule has 0 aliphatic heterocycles. The molecule has 0 fully saturated rings. The maximum atomic E-state index is 6.04. The first-order valence-corrected chi connectivity index (χ1v) is 7.47. The number of aromatic nitrogens is 1. The van der Waals surface area contributed by atoms with Crippen LogP contribution in [0.1, 0.15) is 26.2 Å². The summed E-state index contributed by atoms with van der Waals surface area (Å²) >= 11 is 3.45. The summed E-state index contributed by atoms with van der Waals surface area (Å²) in [5.41, 5.74) is 8.93. The zero-order chi connectivity index (χ0) is 13.8. The lowest BCUT2D eigenvalue weighted by atomic mass is 10.1. The second-order valence-electron chi connectivity index (χ2n) is 4.85. The standard InChI is InChI=1S/C15H20BrN3/c1-3-4-5-8-19(2)14-7-6-13(17)12-9-11(16)10-18-15(12)14/h6-7,9-10H,3-5,8,17H2,1-2H3. The summed E-state index contributed by atoms with van der Waals surface area (Å²) in [5, 5.41) is 1.01. The highest BCUT2D eigenvalue weighted by Crippen LogP contribution is 2.30. The van der Waals surface area contributed by atoms with Crippen molar-refractivity contribution in [1.29, 1.82) is 0 Å². The van der Waals surface area contributed by atoms with Crippen molar-refractivity contribution in [2.24, 2.45) is 0 Å². The van der Waals surface area contributed by atoms with Gasteiger partial charge in [-0.15, -0.1) is 0 Å². The van der Waals surface area contributed by atoms with E-state index in [4.69, 9.17) is 5.73 Å². The Morgan fingerprint density at radius 1 is 1.32 bits per heavy atom. The number of hydrogen-bond donors (Lipinski definition) is 1. The highest BCUT2D eigenvalue weighted by atomic mass is 79.9. The number of rotatable bonds is 5. The molecule has 0 aliphatic rings. The van der Waals surface area contributed by atoms with Gasteiger partial charge in [0.05, 0.1) is 11.2 Å². The van der Waals surface area contributed by atoms with Crippen LogP contribution < -0.4 is 10.6 Å². The average Bonchev–Trinajstić information content (AvgIpc) is 2.40. The minimum absolute atomic E-state index is 0.773. The summed E-state index contributed by atoms with van der Waals surface area (Å²) in [6.45, 7) is 3.27. The maximum absolute atomic E-state index is 6.04. The van der Waals surface area contributed by atoms with E-state index in [1.165, 1.54) is 19.3 Å². The molecule has 3 nitrogen and oxygen atoms in total. The number of fused-ring (bicyclic) bond motifs is 1. The van der Waals surface area contributed by atoms with Crippen molar-refractivity contribution in [1.82, 2.24) is 4.98 Å². The minimum atomic E-state index is 0.773. The predicted molar refractivity (Wildman–Crippen MR) is 86.7 cm³/mol. The van der Waals surface area contributed by atoms with E-state index in [-0.39, 0.29) is 0 Å². The van der Waals surface area contributed by atoms with Crippen molar-refractivity contribution >= 4 is 38.2 Å². The Balaban J connectivity index is 2.35. The fourth-order valence-electron chi connectivity index (χ4n) is 2.23. The second kappa shape index (κ2) is 6.24. The number of nitrogens with zero attached hydrogens (tertiary/aromatic N) is 2. The Hall–Kier alpha value is -1.29. The number of hydrogen-bond acceptors (Lipinski definition) is 3. The van der Waals surface area contributed by atoms with Crippen LogP contribution in [0.2, 0.25) is 0 Å². The summed E-state index contributed by atoms with van der Waals surface area (Å²) < 4.78 is 0.956. The van der Waals surface area contributed by atoms with Crippen LogP contribution in [0, 0.1) is 0 Å². The predicted octanol–water partition coefficient (Wildman–Crippen LogP) is 4.21. The van der Waals surface area contributed by atoms with Gasteiger partial charge in [-0.1, -0.05) is 19.8 Å². The number of nitrogen functional groups attached to an aromatic ring is 1. The fourth-order valence-corrected chi connectivity index (χ4v) is 2.56. The number of nitrogens with two attached hydrogens (primary N) is 1. The van der Waals surface area contributed by atoms with E-state index in [9.17, 15) is 0 Å². The largest absolute Gasteiger partial charge is 0.398 e. The van der Waals surface area contributed by atoms with E-state index < -0.39 is 0 Å². The zero-order valence-electron chi connectivity index (χ0n) is 11.5. The number of anilines is 2. The first kappa shape index (κ1) is 14.1.